The van der Waals surface area contributed by atoms with Crippen LogP contribution in [0.15, 0.2) is 36.5 Å². The minimum atomic E-state index is -0.228. The molecule has 30 heavy (non-hydrogen) atoms. The number of benzene rings is 1. The minimum absolute atomic E-state index is 0.154. The molecule has 1 aromatic carbocycles. The Morgan fingerprint density at radius 1 is 1.07 bits per heavy atom. The van der Waals surface area contributed by atoms with Gasteiger partial charge in [-0.3, -0.25) is 9.58 Å². The summed E-state index contributed by atoms with van der Waals surface area (Å²) in [6, 6.07) is 11.4. The lowest BCUT2D eigenvalue weighted by atomic mass is 9.96. The Hall–Kier alpha value is -2.76. The van der Waals surface area contributed by atoms with Crippen LogP contribution in [0.5, 0.6) is 0 Å². The van der Waals surface area contributed by atoms with Crippen molar-refractivity contribution in [3.63, 3.8) is 0 Å². The predicted molar refractivity (Wildman–Crippen MR) is 122 cm³/mol. The van der Waals surface area contributed by atoms with E-state index >= 15 is 0 Å². The standard InChI is InChI=1S/C24H35N6/c1-16(2)28-15-23(26(8)18(28)4)29-19(5)30(21-13-11-10-12-20(21)29)24(6,7)22-14-17(3)25-27(22)9/h10-16,19H,1-9H3/q+1/t19-/m1/s1. The number of rotatable bonds is 4. The fourth-order valence-electron chi connectivity index (χ4n) is 5.17. The average Bonchev–Trinajstić information content (AvgIpc) is 3.27. The maximum absolute atomic E-state index is 4.62. The monoisotopic (exact) mass is 407 g/mol. The summed E-state index contributed by atoms with van der Waals surface area (Å²) in [7, 11) is 4.21. The zero-order valence-corrected chi connectivity index (χ0v) is 19.8. The van der Waals surface area contributed by atoms with E-state index in [0.717, 1.165) is 5.69 Å². The van der Waals surface area contributed by atoms with Crippen LogP contribution in [0, 0.1) is 13.8 Å². The third-order valence-electron chi connectivity index (χ3n) is 6.64. The van der Waals surface area contributed by atoms with Gasteiger partial charge >= 0.3 is 0 Å². The Bertz CT molecular complexity index is 1090. The molecule has 0 unspecified atom stereocenters. The lowest BCUT2D eigenvalue weighted by Gasteiger charge is -2.41. The van der Waals surface area contributed by atoms with Crippen LogP contribution < -0.4 is 14.4 Å². The normalized spacial score (nSPS) is 16.7. The molecule has 0 radical (unpaired) electrons. The van der Waals surface area contributed by atoms with Gasteiger partial charge in [-0.2, -0.15) is 5.10 Å². The predicted octanol–water partition coefficient (Wildman–Crippen LogP) is 4.48. The highest BCUT2D eigenvalue weighted by molar-refractivity contribution is 5.83. The highest BCUT2D eigenvalue weighted by atomic mass is 15.5. The molecule has 1 aliphatic rings. The smallest absolute Gasteiger partial charge is 0.254 e. The number of hydrogen-bond acceptors (Lipinski definition) is 3. The Balaban J connectivity index is 1.88. The highest BCUT2D eigenvalue weighted by Crippen LogP contribution is 2.49. The van der Waals surface area contributed by atoms with Gasteiger partial charge in [-0.25, -0.2) is 9.13 Å². The van der Waals surface area contributed by atoms with E-state index in [0.29, 0.717) is 6.04 Å². The number of anilines is 3. The summed E-state index contributed by atoms with van der Waals surface area (Å²) in [5.74, 6) is 2.46. The number of fused-ring (bicyclic) bond motifs is 1. The summed E-state index contributed by atoms with van der Waals surface area (Å²) in [6.45, 7) is 15.6. The first-order valence-electron chi connectivity index (χ1n) is 10.8. The van der Waals surface area contributed by atoms with Crippen molar-refractivity contribution in [2.24, 2.45) is 14.1 Å². The number of nitrogens with zero attached hydrogens (tertiary/aromatic N) is 6. The van der Waals surface area contributed by atoms with Gasteiger partial charge in [0.2, 0.25) is 5.82 Å². The van der Waals surface area contributed by atoms with Crippen molar-refractivity contribution in [2.45, 2.75) is 66.2 Å². The topological polar surface area (TPSA) is 33.1 Å². The van der Waals surface area contributed by atoms with E-state index in [4.69, 9.17) is 0 Å². The third kappa shape index (κ3) is 2.84. The lowest BCUT2D eigenvalue weighted by Crippen LogP contribution is -2.50. The molecule has 0 N–H and O–H groups in total. The molecule has 0 fully saturated rings. The molecule has 160 valence electrons. The van der Waals surface area contributed by atoms with Gasteiger partial charge in [0.25, 0.3) is 5.82 Å². The Morgan fingerprint density at radius 3 is 2.23 bits per heavy atom. The minimum Gasteiger partial charge on any atom is -0.338 e. The van der Waals surface area contributed by atoms with Crippen molar-refractivity contribution in [3.8, 4) is 0 Å². The second-order valence-electron chi connectivity index (χ2n) is 9.31. The molecule has 0 bridgehead atoms. The molecule has 6 heteroatoms. The second kappa shape index (κ2) is 6.89. The third-order valence-corrected chi connectivity index (χ3v) is 6.64. The molecule has 0 spiro atoms. The lowest BCUT2D eigenvalue weighted by molar-refractivity contribution is -0.721. The van der Waals surface area contributed by atoms with Crippen molar-refractivity contribution in [1.82, 2.24) is 14.3 Å². The van der Waals surface area contributed by atoms with E-state index in [-0.39, 0.29) is 11.7 Å². The van der Waals surface area contributed by atoms with Crippen LogP contribution in [0.1, 0.15) is 57.9 Å². The quantitative estimate of drug-likeness (QED) is 0.598. The van der Waals surface area contributed by atoms with E-state index < -0.39 is 0 Å². The van der Waals surface area contributed by atoms with Crippen LogP contribution in [-0.2, 0) is 19.6 Å². The maximum atomic E-state index is 4.62. The summed E-state index contributed by atoms with van der Waals surface area (Å²) in [6.07, 6.45) is 2.44. The number of aromatic nitrogens is 4. The second-order valence-corrected chi connectivity index (χ2v) is 9.31. The van der Waals surface area contributed by atoms with Gasteiger partial charge < -0.3 is 4.90 Å². The van der Waals surface area contributed by atoms with Gasteiger partial charge in [0, 0.05) is 14.0 Å². The van der Waals surface area contributed by atoms with Gasteiger partial charge in [-0.15, -0.1) is 0 Å². The van der Waals surface area contributed by atoms with Crippen LogP contribution in [0.3, 0.4) is 0 Å². The SMILES string of the molecule is Cc1cc(C(C)(C)N2c3ccccc3N(c3c[n+](C(C)C)c(C)n3C)[C@H]2C)n(C)n1. The largest absolute Gasteiger partial charge is 0.338 e. The average molecular weight is 408 g/mol. The Labute approximate surface area is 180 Å². The number of hydrogen-bond donors (Lipinski definition) is 0. The van der Waals surface area contributed by atoms with Crippen LogP contribution in [0.25, 0.3) is 0 Å². The van der Waals surface area contributed by atoms with Gasteiger partial charge in [0.1, 0.15) is 6.17 Å². The molecule has 4 rings (SSSR count). The number of para-hydroxylation sites is 2. The zero-order valence-electron chi connectivity index (χ0n) is 19.8. The summed E-state index contributed by atoms with van der Waals surface area (Å²) >= 11 is 0. The van der Waals surface area contributed by atoms with Gasteiger partial charge in [0.05, 0.1) is 41.4 Å². The summed E-state index contributed by atoms with van der Waals surface area (Å²) in [5.41, 5.74) is 4.53. The molecule has 3 heterocycles. The Morgan fingerprint density at radius 2 is 1.70 bits per heavy atom. The van der Waals surface area contributed by atoms with E-state index in [2.05, 4.69) is 116 Å². The van der Waals surface area contributed by atoms with E-state index in [9.17, 15) is 0 Å². The van der Waals surface area contributed by atoms with Crippen LogP contribution >= 0.6 is 0 Å². The van der Waals surface area contributed by atoms with E-state index in [1.807, 2.05) is 11.7 Å². The highest BCUT2D eigenvalue weighted by Gasteiger charge is 2.45. The molecular formula is C24H35N6+. The molecule has 0 saturated carbocycles. The van der Waals surface area contributed by atoms with Crippen molar-refractivity contribution in [2.75, 3.05) is 9.80 Å². The molecule has 0 amide bonds. The maximum Gasteiger partial charge on any atom is 0.254 e. The van der Waals surface area contributed by atoms with Gasteiger partial charge in [-0.05, 0) is 59.7 Å². The number of imidazole rings is 1. The molecule has 0 aliphatic carbocycles. The summed E-state index contributed by atoms with van der Waals surface area (Å²) in [4.78, 5) is 4.99. The molecule has 1 atom stereocenters. The summed E-state index contributed by atoms with van der Waals surface area (Å²) < 4.78 is 6.67. The molecule has 2 aromatic heterocycles. The van der Waals surface area contributed by atoms with Crippen LogP contribution in [-0.4, -0.2) is 20.5 Å². The van der Waals surface area contributed by atoms with Crippen LogP contribution in [0.2, 0.25) is 0 Å². The van der Waals surface area contributed by atoms with E-state index in [1.54, 1.807) is 0 Å². The van der Waals surface area contributed by atoms with E-state index in [1.165, 1.54) is 28.7 Å². The zero-order chi connectivity index (χ0) is 22.0. The van der Waals surface area contributed by atoms with Gasteiger partial charge in [-0.1, -0.05) is 12.1 Å². The molecule has 1 aliphatic heterocycles. The fraction of sp³-hybridized carbons (Fsp3) is 0.500. The first kappa shape index (κ1) is 20.5. The van der Waals surface area contributed by atoms with Gasteiger partial charge in [0.15, 0.2) is 6.20 Å². The van der Waals surface area contributed by atoms with Crippen molar-refractivity contribution < 1.29 is 4.57 Å². The fourth-order valence-corrected chi connectivity index (χ4v) is 5.17. The first-order valence-corrected chi connectivity index (χ1v) is 10.8. The van der Waals surface area contributed by atoms with Crippen molar-refractivity contribution in [1.29, 1.82) is 0 Å². The van der Waals surface area contributed by atoms with Crippen molar-refractivity contribution >= 4 is 17.2 Å². The molecule has 0 saturated heterocycles. The van der Waals surface area contributed by atoms with Crippen LogP contribution in [0.4, 0.5) is 17.2 Å². The number of aryl methyl sites for hydroxylation is 2. The molecular weight excluding hydrogens is 372 g/mol. The van der Waals surface area contributed by atoms with Crippen molar-refractivity contribution in [3.05, 3.63) is 53.7 Å². The summed E-state index contributed by atoms with van der Waals surface area (Å²) in [5, 5.41) is 4.62. The first-order chi connectivity index (χ1) is 14.1. The molecule has 6 nitrogen and oxygen atoms in total. The Kier molecular flexibility index (Phi) is 4.71. The molecule has 3 aromatic rings.